The van der Waals surface area contributed by atoms with Crippen molar-refractivity contribution in [3.05, 3.63) is 47.0 Å². The van der Waals surface area contributed by atoms with Crippen molar-refractivity contribution in [2.45, 2.75) is 6.92 Å². The lowest BCUT2D eigenvalue weighted by atomic mass is 10.1. The van der Waals surface area contributed by atoms with Gasteiger partial charge in [0.05, 0.1) is 18.5 Å². The third-order valence-electron chi connectivity index (χ3n) is 3.36. The SMILES string of the molecule is COc1ccc(-c2nnnn2-c2ccc(C)c(Cl)c2)cc1N. The number of aromatic nitrogens is 4. The number of halogens is 1. The predicted octanol–water partition coefficient (Wildman–Crippen LogP) is 2.88. The van der Waals surface area contributed by atoms with E-state index in [1.54, 1.807) is 23.9 Å². The maximum atomic E-state index is 6.18. The van der Waals surface area contributed by atoms with Crippen LogP contribution in [0.25, 0.3) is 17.1 Å². The van der Waals surface area contributed by atoms with Crippen molar-refractivity contribution in [3.8, 4) is 22.8 Å². The van der Waals surface area contributed by atoms with Crippen LogP contribution in [0.1, 0.15) is 5.56 Å². The minimum atomic E-state index is 0.525. The number of rotatable bonds is 3. The highest BCUT2D eigenvalue weighted by atomic mass is 35.5. The number of methoxy groups -OCH3 is 1. The number of nitrogen functional groups attached to an aromatic ring is 1. The van der Waals surface area contributed by atoms with Crippen molar-refractivity contribution in [3.63, 3.8) is 0 Å². The molecule has 22 heavy (non-hydrogen) atoms. The molecule has 0 atom stereocenters. The molecule has 3 rings (SSSR count). The van der Waals surface area contributed by atoms with Crippen LogP contribution in [0.2, 0.25) is 5.02 Å². The average molecular weight is 316 g/mol. The van der Waals surface area contributed by atoms with Gasteiger partial charge < -0.3 is 10.5 Å². The van der Waals surface area contributed by atoms with Crippen LogP contribution in [0.15, 0.2) is 36.4 Å². The molecule has 0 saturated carbocycles. The van der Waals surface area contributed by atoms with Gasteiger partial charge in [0.15, 0.2) is 5.82 Å². The monoisotopic (exact) mass is 315 g/mol. The first kappa shape index (κ1) is 14.3. The molecule has 6 nitrogen and oxygen atoms in total. The van der Waals surface area contributed by atoms with Gasteiger partial charge in [-0.05, 0) is 53.2 Å². The maximum absolute atomic E-state index is 6.18. The predicted molar refractivity (Wildman–Crippen MR) is 85.3 cm³/mol. The zero-order valence-electron chi connectivity index (χ0n) is 12.1. The summed E-state index contributed by atoms with van der Waals surface area (Å²) in [6, 6.07) is 11.1. The van der Waals surface area contributed by atoms with Crippen LogP contribution in [0.3, 0.4) is 0 Å². The molecule has 112 valence electrons. The molecular formula is C15H14ClN5O. The van der Waals surface area contributed by atoms with Gasteiger partial charge in [0.2, 0.25) is 0 Å². The molecule has 3 aromatic rings. The van der Waals surface area contributed by atoms with Crippen molar-refractivity contribution >= 4 is 17.3 Å². The van der Waals surface area contributed by atoms with Crippen LogP contribution in [0.4, 0.5) is 5.69 Å². The number of nitrogens with two attached hydrogens (primary N) is 1. The van der Waals surface area contributed by atoms with Crippen LogP contribution >= 0.6 is 11.6 Å². The highest BCUT2D eigenvalue weighted by molar-refractivity contribution is 6.31. The molecule has 0 saturated heterocycles. The summed E-state index contributed by atoms with van der Waals surface area (Å²) >= 11 is 6.18. The fraction of sp³-hybridized carbons (Fsp3) is 0.133. The molecule has 0 aliphatic carbocycles. The molecule has 1 heterocycles. The molecule has 0 fully saturated rings. The van der Waals surface area contributed by atoms with Crippen LogP contribution in [-0.2, 0) is 0 Å². The van der Waals surface area contributed by atoms with Gasteiger partial charge in [-0.3, -0.25) is 0 Å². The van der Waals surface area contributed by atoms with Crippen molar-refractivity contribution < 1.29 is 4.74 Å². The summed E-state index contributed by atoms with van der Waals surface area (Å²) in [5.41, 5.74) is 9.04. The van der Waals surface area contributed by atoms with Gasteiger partial charge in [0.25, 0.3) is 0 Å². The zero-order chi connectivity index (χ0) is 15.7. The first-order valence-electron chi connectivity index (χ1n) is 6.59. The van der Waals surface area contributed by atoms with Crippen LogP contribution in [-0.4, -0.2) is 27.3 Å². The summed E-state index contributed by atoms with van der Waals surface area (Å²) < 4.78 is 6.78. The number of tetrazole rings is 1. The van der Waals surface area contributed by atoms with Gasteiger partial charge in [0, 0.05) is 10.6 Å². The van der Waals surface area contributed by atoms with Crippen molar-refractivity contribution in [2.75, 3.05) is 12.8 Å². The van der Waals surface area contributed by atoms with E-state index < -0.39 is 0 Å². The lowest BCUT2D eigenvalue weighted by molar-refractivity contribution is 0.417. The van der Waals surface area contributed by atoms with E-state index in [9.17, 15) is 0 Å². The molecule has 0 spiro atoms. The Morgan fingerprint density at radius 2 is 2.00 bits per heavy atom. The van der Waals surface area contributed by atoms with E-state index in [1.165, 1.54) is 0 Å². The molecule has 1 aromatic heterocycles. The summed E-state index contributed by atoms with van der Waals surface area (Å²) in [5, 5.41) is 12.5. The van der Waals surface area contributed by atoms with Crippen LogP contribution in [0.5, 0.6) is 5.75 Å². The van der Waals surface area contributed by atoms with Crippen molar-refractivity contribution in [1.29, 1.82) is 0 Å². The Morgan fingerprint density at radius 3 is 2.68 bits per heavy atom. The molecule has 0 aliphatic heterocycles. The maximum Gasteiger partial charge on any atom is 0.187 e. The first-order valence-corrected chi connectivity index (χ1v) is 6.96. The molecular weight excluding hydrogens is 302 g/mol. The summed E-state index contributed by atoms with van der Waals surface area (Å²) in [7, 11) is 1.57. The summed E-state index contributed by atoms with van der Waals surface area (Å²) in [5.74, 6) is 1.19. The first-order chi connectivity index (χ1) is 10.6. The molecule has 2 aromatic carbocycles. The van der Waals surface area contributed by atoms with Crippen LogP contribution in [0, 0.1) is 6.92 Å². The Labute approximate surface area is 132 Å². The van der Waals surface area contributed by atoms with Crippen molar-refractivity contribution in [1.82, 2.24) is 20.2 Å². The number of hydrogen-bond donors (Lipinski definition) is 1. The summed E-state index contributed by atoms with van der Waals surface area (Å²) in [6.45, 7) is 1.94. The second-order valence-electron chi connectivity index (χ2n) is 4.80. The van der Waals surface area contributed by atoms with Gasteiger partial charge in [-0.15, -0.1) is 5.10 Å². The Kier molecular flexibility index (Phi) is 3.68. The third kappa shape index (κ3) is 2.48. The van der Waals surface area contributed by atoms with Gasteiger partial charge in [-0.2, -0.15) is 4.68 Å². The van der Waals surface area contributed by atoms with E-state index in [0.717, 1.165) is 16.8 Å². The van der Waals surface area contributed by atoms with Gasteiger partial charge in [-0.25, -0.2) is 0 Å². The number of hydrogen-bond acceptors (Lipinski definition) is 5. The van der Waals surface area contributed by atoms with E-state index in [1.807, 2.05) is 31.2 Å². The Morgan fingerprint density at radius 1 is 1.18 bits per heavy atom. The number of ether oxygens (including phenoxy) is 1. The molecule has 0 radical (unpaired) electrons. The number of nitrogens with zero attached hydrogens (tertiary/aromatic N) is 4. The minimum Gasteiger partial charge on any atom is -0.495 e. The Balaban J connectivity index is 2.08. The molecule has 0 aliphatic rings. The number of anilines is 1. The second kappa shape index (κ2) is 5.65. The van der Waals surface area contributed by atoms with E-state index in [0.29, 0.717) is 22.3 Å². The second-order valence-corrected chi connectivity index (χ2v) is 5.21. The third-order valence-corrected chi connectivity index (χ3v) is 3.76. The fourth-order valence-electron chi connectivity index (χ4n) is 2.13. The van der Waals surface area contributed by atoms with Crippen molar-refractivity contribution in [2.24, 2.45) is 0 Å². The summed E-state index contributed by atoms with van der Waals surface area (Å²) in [6.07, 6.45) is 0. The van der Waals surface area contributed by atoms with Gasteiger partial charge in [0.1, 0.15) is 5.75 Å². The zero-order valence-corrected chi connectivity index (χ0v) is 12.9. The smallest absolute Gasteiger partial charge is 0.187 e. The van der Waals surface area contributed by atoms with Gasteiger partial charge >= 0.3 is 0 Å². The lowest BCUT2D eigenvalue weighted by Gasteiger charge is -2.08. The lowest BCUT2D eigenvalue weighted by Crippen LogP contribution is -2.01. The van der Waals surface area contributed by atoms with Crippen LogP contribution < -0.4 is 10.5 Å². The Hall–Kier alpha value is -2.60. The molecule has 0 bridgehead atoms. The van der Waals surface area contributed by atoms with E-state index in [-0.39, 0.29) is 0 Å². The molecule has 2 N–H and O–H groups in total. The topological polar surface area (TPSA) is 78.9 Å². The highest BCUT2D eigenvalue weighted by Gasteiger charge is 2.13. The molecule has 0 unspecified atom stereocenters. The molecule has 0 amide bonds. The van der Waals surface area contributed by atoms with E-state index >= 15 is 0 Å². The van der Waals surface area contributed by atoms with E-state index in [4.69, 9.17) is 22.1 Å². The number of benzene rings is 2. The normalized spacial score (nSPS) is 10.7. The molecule has 7 heteroatoms. The summed E-state index contributed by atoms with van der Waals surface area (Å²) in [4.78, 5) is 0. The standard InChI is InChI=1S/C15H14ClN5O/c1-9-3-5-11(8-12(9)16)21-15(18-19-20-21)10-4-6-14(22-2)13(17)7-10/h3-8H,17H2,1-2H3. The minimum absolute atomic E-state index is 0.525. The number of aryl methyl sites for hydroxylation is 1. The largest absolute Gasteiger partial charge is 0.495 e. The Bertz CT molecular complexity index is 831. The fourth-order valence-corrected chi connectivity index (χ4v) is 2.30. The van der Waals surface area contributed by atoms with E-state index in [2.05, 4.69) is 15.5 Å². The highest BCUT2D eigenvalue weighted by Crippen LogP contribution is 2.28. The quantitative estimate of drug-likeness (QED) is 0.752. The van der Waals surface area contributed by atoms with Gasteiger partial charge in [-0.1, -0.05) is 17.7 Å². The average Bonchev–Trinajstić information content (AvgIpc) is 2.99.